The standard InChI is InChI=1S/C4H6O4.C3H7NO/c5-3(6)1-2-4(7)8;1-2-3(4)5/h1-2H2,(H,5,6)(H,7,8);2H2,1H3,(H2,4,5). The molecule has 0 fully saturated rings. The van der Waals surface area contributed by atoms with Crippen molar-refractivity contribution in [3.63, 3.8) is 0 Å². The van der Waals surface area contributed by atoms with Crippen molar-refractivity contribution >= 4 is 17.8 Å². The van der Waals surface area contributed by atoms with E-state index in [-0.39, 0.29) is 18.7 Å². The molecule has 0 spiro atoms. The second-order valence-electron chi connectivity index (χ2n) is 2.11. The van der Waals surface area contributed by atoms with Crippen LogP contribution in [0.1, 0.15) is 26.2 Å². The van der Waals surface area contributed by atoms with Crippen LogP contribution in [0.4, 0.5) is 0 Å². The number of carboxylic acids is 2. The van der Waals surface area contributed by atoms with Crippen molar-refractivity contribution in [1.82, 2.24) is 0 Å². The lowest BCUT2D eigenvalue weighted by molar-refractivity contribution is -0.143. The number of primary amides is 1. The molecule has 0 aliphatic rings. The summed E-state index contributed by atoms with van der Waals surface area (Å²) in [7, 11) is 0. The molecule has 0 aromatic rings. The first-order chi connectivity index (χ1) is 5.90. The molecule has 0 aromatic heterocycles. The Morgan fingerprint density at radius 2 is 1.31 bits per heavy atom. The molecule has 4 N–H and O–H groups in total. The van der Waals surface area contributed by atoms with E-state index in [1.807, 2.05) is 0 Å². The number of nitrogens with two attached hydrogens (primary N) is 1. The Balaban J connectivity index is 0. The van der Waals surface area contributed by atoms with Crippen molar-refractivity contribution in [2.24, 2.45) is 5.73 Å². The van der Waals surface area contributed by atoms with Crippen LogP contribution in [0.15, 0.2) is 0 Å². The highest BCUT2D eigenvalue weighted by molar-refractivity contribution is 5.75. The lowest BCUT2D eigenvalue weighted by Crippen LogP contribution is -2.06. The first-order valence-electron chi connectivity index (χ1n) is 3.62. The van der Waals surface area contributed by atoms with Gasteiger partial charge in [-0.2, -0.15) is 0 Å². The highest BCUT2D eigenvalue weighted by atomic mass is 16.4. The molecule has 76 valence electrons. The van der Waals surface area contributed by atoms with Crippen molar-refractivity contribution in [1.29, 1.82) is 0 Å². The summed E-state index contributed by atoms with van der Waals surface area (Å²) in [5, 5.41) is 15.8. The minimum absolute atomic E-state index is 0.245. The second-order valence-corrected chi connectivity index (χ2v) is 2.11. The quantitative estimate of drug-likeness (QED) is 0.569. The van der Waals surface area contributed by atoms with Crippen molar-refractivity contribution in [3.05, 3.63) is 0 Å². The first kappa shape index (κ1) is 14.0. The average molecular weight is 191 g/mol. The van der Waals surface area contributed by atoms with Gasteiger partial charge in [-0.05, 0) is 0 Å². The number of hydrogen-bond donors (Lipinski definition) is 3. The summed E-state index contributed by atoms with van der Waals surface area (Å²) < 4.78 is 0. The molecule has 0 heterocycles. The molecule has 0 saturated carbocycles. The van der Waals surface area contributed by atoms with Gasteiger partial charge in [-0.25, -0.2) is 0 Å². The van der Waals surface area contributed by atoms with Gasteiger partial charge in [-0.3, -0.25) is 14.4 Å². The molecule has 0 rings (SSSR count). The Labute approximate surface area is 75.3 Å². The van der Waals surface area contributed by atoms with Crippen LogP contribution >= 0.6 is 0 Å². The van der Waals surface area contributed by atoms with Gasteiger partial charge in [0.15, 0.2) is 0 Å². The van der Waals surface area contributed by atoms with Crippen molar-refractivity contribution in [3.8, 4) is 0 Å². The zero-order chi connectivity index (χ0) is 10.9. The number of aliphatic carboxylic acids is 2. The third-order valence-corrected chi connectivity index (χ3v) is 0.901. The molecule has 0 unspecified atom stereocenters. The summed E-state index contributed by atoms with van der Waals surface area (Å²) in [5.74, 6) is -2.40. The molecule has 0 bridgehead atoms. The van der Waals surface area contributed by atoms with Gasteiger partial charge in [-0.15, -0.1) is 0 Å². The van der Waals surface area contributed by atoms with Crippen LogP contribution in [-0.4, -0.2) is 28.1 Å². The fraction of sp³-hybridized carbons (Fsp3) is 0.571. The maximum absolute atomic E-state index is 9.64. The number of carboxylic acid groups (broad SMARTS) is 2. The zero-order valence-electron chi connectivity index (χ0n) is 7.32. The number of carbonyl (C=O) groups excluding carboxylic acids is 1. The van der Waals surface area contributed by atoms with Gasteiger partial charge in [-0.1, -0.05) is 6.92 Å². The molecule has 6 nitrogen and oxygen atoms in total. The van der Waals surface area contributed by atoms with Crippen molar-refractivity contribution in [2.75, 3.05) is 0 Å². The molecule has 13 heavy (non-hydrogen) atoms. The largest absolute Gasteiger partial charge is 0.481 e. The van der Waals surface area contributed by atoms with Gasteiger partial charge < -0.3 is 15.9 Å². The van der Waals surface area contributed by atoms with Gasteiger partial charge in [0.05, 0.1) is 12.8 Å². The van der Waals surface area contributed by atoms with Crippen LogP contribution < -0.4 is 5.73 Å². The maximum atomic E-state index is 9.64. The Morgan fingerprint density at radius 1 is 1.08 bits per heavy atom. The van der Waals surface area contributed by atoms with Crippen LogP contribution in [0.2, 0.25) is 0 Å². The molecule has 0 atom stereocenters. The fourth-order valence-electron chi connectivity index (χ4n) is 0.214. The SMILES string of the molecule is CCC(N)=O.O=C(O)CCC(=O)O. The van der Waals surface area contributed by atoms with E-state index in [9.17, 15) is 14.4 Å². The number of amides is 1. The van der Waals surface area contributed by atoms with Gasteiger partial charge in [0, 0.05) is 6.42 Å². The second kappa shape index (κ2) is 8.51. The van der Waals surface area contributed by atoms with E-state index in [0.29, 0.717) is 6.42 Å². The Morgan fingerprint density at radius 3 is 1.38 bits per heavy atom. The van der Waals surface area contributed by atoms with E-state index in [2.05, 4.69) is 5.73 Å². The monoisotopic (exact) mass is 191 g/mol. The predicted octanol–water partition coefficient (Wildman–Crippen LogP) is -0.182. The van der Waals surface area contributed by atoms with Gasteiger partial charge in [0.2, 0.25) is 5.91 Å². The molecule has 6 heteroatoms. The average Bonchev–Trinajstić information content (AvgIpc) is 2.02. The van der Waals surface area contributed by atoms with E-state index in [1.165, 1.54) is 0 Å². The molecular formula is C7H13NO5. The smallest absolute Gasteiger partial charge is 0.303 e. The highest BCUT2D eigenvalue weighted by Gasteiger charge is 2.00. The minimum Gasteiger partial charge on any atom is -0.481 e. The van der Waals surface area contributed by atoms with E-state index in [4.69, 9.17) is 10.2 Å². The van der Waals surface area contributed by atoms with Crippen LogP contribution in [0.3, 0.4) is 0 Å². The lowest BCUT2D eigenvalue weighted by atomic mass is 10.3. The lowest BCUT2D eigenvalue weighted by Gasteiger charge is -1.85. The third-order valence-electron chi connectivity index (χ3n) is 0.901. The highest BCUT2D eigenvalue weighted by Crippen LogP contribution is 1.86. The normalized spacial score (nSPS) is 8.08. The van der Waals surface area contributed by atoms with E-state index in [0.717, 1.165) is 0 Å². The Hall–Kier alpha value is -1.59. The van der Waals surface area contributed by atoms with E-state index in [1.54, 1.807) is 6.92 Å². The Kier molecular flexibility index (Phi) is 9.14. The summed E-state index contributed by atoms with van der Waals surface area (Å²) >= 11 is 0. The van der Waals surface area contributed by atoms with E-state index < -0.39 is 11.9 Å². The summed E-state index contributed by atoms with van der Waals surface area (Å²) in [4.78, 5) is 28.9. The fourth-order valence-corrected chi connectivity index (χ4v) is 0.214. The number of hydrogen-bond acceptors (Lipinski definition) is 3. The summed E-state index contributed by atoms with van der Waals surface area (Å²) in [5.41, 5.74) is 4.65. The van der Waals surface area contributed by atoms with Crippen LogP contribution in [0.5, 0.6) is 0 Å². The minimum atomic E-state index is -1.08. The third kappa shape index (κ3) is 25.2. The molecule has 0 aliphatic heterocycles. The number of carbonyl (C=O) groups is 3. The summed E-state index contributed by atoms with van der Waals surface area (Å²) in [6, 6.07) is 0. The van der Waals surface area contributed by atoms with E-state index >= 15 is 0 Å². The molecule has 0 radical (unpaired) electrons. The summed E-state index contributed by atoms with van der Waals surface area (Å²) in [6.45, 7) is 1.72. The zero-order valence-corrected chi connectivity index (χ0v) is 7.32. The van der Waals surface area contributed by atoms with Crippen LogP contribution in [0.25, 0.3) is 0 Å². The molecule has 0 saturated heterocycles. The molecule has 0 aromatic carbocycles. The van der Waals surface area contributed by atoms with Crippen molar-refractivity contribution < 1.29 is 24.6 Å². The van der Waals surface area contributed by atoms with Crippen LogP contribution in [0, 0.1) is 0 Å². The van der Waals surface area contributed by atoms with Gasteiger partial charge in [0.25, 0.3) is 0 Å². The maximum Gasteiger partial charge on any atom is 0.303 e. The summed E-state index contributed by atoms with van der Waals surface area (Å²) in [6.07, 6.45) is -0.148. The van der Waals surface area contributed by atoms with Gasteiger partial charge >= 0.3 is 11.9 Å². The van der Waals surface area contributed by atoms with Crippen molar-refractivity contribution in [2.45, 2.75) is 26.2 Å². The van der Waals surface area contributed by atoms with Crippen LogP contribution in [-0.2, 0) is 14.4 Å². The number of rotatable bonds is 4. The predicted molar refractivity (Wildman–Crippen MR) is 44.0 cm³/mol. The molecular weight excluding hydrogens is 178 g/mol. The first-order valence-corrected chi connectivity index (χ1v) is 3.62. The molecule has 0 aliphatic carbocycles. The topological polar surface area (TPSA) is 118 Å². The Bertz CT molecular complexity index is 175. The molecule has 1 amide bonds. The van der Waals surface area contributed by atoms with Gasteiger partial charge in [0.1, 0.15) is 0 Å².